The smallest absolute Gasteiger partial charge is 0.247 e. The monoisotopic (exact) mass is 402 g/mol. The lowest BCUT2D eigenvalue weighted by Gasteiger charge is -2.10. The zero-order chi connectivity index (χ0) is 21.2. The number of carbonyl (C=O) groups is 1. The van der Waals surface area contributed by atoms with Crippen LogP contribution in [0.25, 0.3) is 0 Å². The largest absolute Gasteiger partial charge is 0.394 e. The lowest BCUT2D eigenvalue weighted by Crippen LogP contribution is -2.36. The quantitative estimate of drug-likeness (QED) is 0.263. The number of rotatable bonds is 17. The predicted molar refractivity (Wildman–Crippen MR) is 124 cm³/mol. The molecular weight excluding hydrogens is 360 g/mol. The number of aliphatic hydroxyl groups is 1. The second-order valence-corrected chi connectivity index (χ2v) is 8.07. The number of hydrogen-bond donors (Lipinski definition) is 2. The first-order valence-electron chi connectivity index (χ1n) is 11.7. The number of aliphatic imine (C=N–C) groups is 1. The van der Waals surface area contributed by atoms with Gasteiger partial charge in [-0.2, -0.15) is 0 Å². The SMILES string of the molecule is CCCCCCCCCCCCCCNC(=O)[C@H](CO)/N=C/c1ccc(C)cc1. The minimum Gasteiger partial charge on any atom is -0.394 e. The molecule has 0 unspecified atom stereocenters. The zero-order valence-corrected chi connectivity index (χ0v) is 18.7. The number of nitrogens with one attached hydrogen (secondary N) is 1. The highest BCUT2D eigenvalue weighted by atomic mass is 16.3. The Labute approximate surface area is 178 Å². The molecule has 0 aliphatic heterocycles. The van der Waals surface area contributed by atoms with Gasteiger partial charge in [0.2, 0.25) is 5.91 Å². The van der Waals surface area contributed by atoms with Crippen LogP contribution in [-0.4, -0.2) is 36.4 Å². The van der Waals surface area contributed by atoms with Gasteiger partial charge in [0, 0.05) is 12.8 Å². The van der Waals surface area contributed by atoms with E-state index in [-0.39, 0.29) is 12.5 Å². The van der Waals surface area contributed by atoms with Crippen LogP contribution in [0.3, 0.4) is 0 Å². The summed E-state index contributed by atoms with van der Waals surface area (Å²) in [7, 11) is 0. The fraction of sp³-hybridized carbons (Fsp3) is 0.680. The van der Waals surface area contributed by atoms with Crippen LogP contribution in [0.1, 0.15) is 95.1 Å². The third-order valence-corrected chi connectivity index (χ3v) is 5.29. The van der Waals surface area contributed by atoms with E-state index < -0.39 is 6.04 Å². The topological polar surface area (TPSA) is 61.7 Å². The Morgan fingerprint density at radius 2 is 1.45 bits per heavy atom. The summed E-state index contributed by atoms with van der Waals surface area (Å²) < 4.78 is 0. The molecule has 4 nitrogen and oxygen atoms in total. The molecule has 29 heavy (non-hydrogen) atoms. The molecule has 2 N–H and O–H groups in total. The molecule has 0 aromatic heterocycles. The van der Waals surface area contributed by atoms with E-state index in [2.05, 4.69) is 17.2 Å². The second kappa shape index (κ2) is 17.2. The van der Waals surface area contributed by atoms with Crippen molar-refractivity contribution in [1.82, 2.24) is 5.32 Å². The van der Waals surface area contributed by atoms with E-state index in [1.807, 2.05) is 31.2 Å². The molecule has 0 spiro atoms. The third-order valence-electron chi connectivity index (χ3n) is 5.29. The Hall–Kier alpha value is -1.68. The van der Waals surface area contributed by atoms with Gasteiger partial charge in [-0.1, -0.05) is 107 Å². The molecule has 1 aromatic carbocycles. The van der Waals surface area contributed by atoms with Gasteiger partial charge in [-0.05, 0) is 18.9 Å². The van der Waals surface area contributed by atoms with Crippen LogP contribution in [0.2, 0.25) is 0 Å². The second-order valence-electron chi connectivity index (χ2n) is 8.07. The fourth-order valence-electron chi connectivity index (χ4n) is 3.32. The van der Waals surface area contributed by atoms with Gasteiger partial charge in [-0.15, -0.1) is 0 Å². The molecule has 1 aromatic rings. The van der Waals surface area contributed by atoms with Gasteiger partial charge >= 0.3 is 0 Å². The highest BCUT2D eigenvalue weighted by molar-refractivity contribution is 5.86. The number of hydrogen-bond acceptors (Lipinski definition) is 3. The average Bonchev–Trinajstić information content (AvgIpc) is 2.73. The molecule has 1 atom stereocenters. The molecule has 1 amide bonds. The van der Waals surface area contributed by atoms with Gasteiger partial charge in [0.1, 0.15) is 0 Å². The Morgan fingerprint density at radius 3 is 1.97 bits per heavy atom. The molecule has 0 aliphatic rings. The van der Waals surface area contributed by atoms with E-state index in [1.165, 1.54) is 69.8 Å². The lowest BCUT2D eigenvalue weighted by molar-refractivity contribution is -0.123. The standard InChI is InChI=1S/C25H42N2O2/c1-3-4-5-6-7-8-9-10-11-12-13-14-19-26-25(29)24(21-28)27-20-23-17-15-22(2)16-18-23/h15-18,20,24,28H,3-14,19,21H2,1-2H3,(H,26,29)/b27-20+/t24-/m0/s1. The molecule has 4 heteroatoms. The van der Waals surface area contributed by atoms with E-state index in [0.717, 1.165) is 18.4 Å². The summed E-state index contributed by atoms with van der Waals surface area (Å²) >= 11 is 0. The molecule has 0 saturated heterocycles. The van der Waals surface area contributed by atoms with Gasteiger partial charge < -0.3 is 10.4 Å². The molecule has 164 valence electrons. The maximum atomic E-state index is 12.2. The van der Waals surface area contributed by atoms with Crippen LogP contribution in [0, 0.1) is 6.92 Å². The van der Waals surface area contributed by atoms with Crippen molar-refractivity contribution in [3.05, 3.63) is 35.4 Å². The normalized spacial score (nSPS) is 12.4. The molecule has 0 fully saturated rings. The molecule has 0 aliphatic carbocycles. The number of amides is 1. The van der Waals surface area contributed by atoms with Gasteiger partial charge in [-0.3, -0.25) is 9.79 Å². The highest BCUT2D eigenvalue weighted by Gasteiger charge is 2.14. The van der Waals surface area contributed by atoms with Gasteiger partial charge in [0.15, 0.2) is 6.04 Å². The van der Waals surface area contributed by atoms with E-state index in [0.29, 0.717) is 6.54 Å². The third kappa shape index (κ3) is 13.2. The molecule has 0 radical (unpaired) electrons. The average molecular weight is 403 g/mol. The van der Waals surface area contributed by atoms with Crippen molar-refractivity contribution in [2.45, 2.75) is 96.9 Å². The number of aryl methyl sites for hydroxylation is 1. The van der Waals surface area contributed by atoms with Crippen molar-refractivity contribution in [1.29, 1.82) is 0 Å². The van der Waals surface area contributed by atoms with Crippen molar-refractivity contribution in [3.8, 4) is 0 Å². The van der Waals surface area contributed by atoms with Crippen molar-refractivity contribution in [2.24, 2.45) is 4.99 Å². The van der Waals surface area contributed by atoms with Crippen molar-refractivity contribution < 1.29 is 9.90 Å². The molecule has 0 bridgehead atoms. The molecule has 0 saturated carbocycles. The van der Waals surface area contributed by atoms with Crippen molar-refractivity contribution >= 4 is 12.1 Å². The van der Waals surface area contributed by atoms with Crippen LogP contribution in [-0.2, 0) is 4.79 Å². The lowest BCUT2D eigenvalue weighted by atomic mass is 10.1. The predicted octanol–water partition coefficient (Wildman–Crippen LogP) is 5.59. The molecular formula is C25H42N2O2. The summed E-state index contributed by atoms with van der Waals surface area (Å²) in [6.45, 7) is 4.68. The number of aliphatic hydroxyl groups excluding tert-OH is 1. The summed E-state index contributed by atoms with van der Waals surface area (Å²) in [5.41, 5.74) is 2.11. The minimum atomic E-state index is -0.728. The summed E-state index contributed by atoms with van der Waals surface area (Å²) in [6.07, 6.45) is 17.3. The summed E-state index contributed by atoms with van der Waals surface area (Å²) in [6, 6.07) is 7.19. The van der Waals surface area contributed by atoms with Gasteiger partial charge in [0.25, 0.3) is 0 Å². The number of carbonyl (C=O) groups excluding carboxylic acids is 1. The molecule has 0 heterocycles. The Kier molecular flexibility index (Phi) is 15.0. The fourth-order valence-corrected chi connectivity index (χ4v) is 3.32. The van der Waals surface area contributed by atoms with Crippen LogP contribution in [0.5, 0.6) is 0 Å². The number of nitrogens with zero attached hydrogens (tertiary/aromatic N) is 1. The van der Waals surface area contributed by atoms with E-state index in [9.17, 15) is 9.90 Å². The first-order chi connectivity index (χ1) is 14.2. The minimum absolute atomic E-state index is 0.195. The van der Waals surface area contributed by atoms with Crippen LogP contribution in [0.4, 0.5) is 0 Å². The van der Waals surface area contributed by atoms with Gasteiger partial charge in [-0.25, -0.2) is 0 Å². The Balaban J connectivity index is 2.04. The number of unbranched alkanes of at least 4 members (excludes halogenated alkanes) is 11. The zero-order valence-electron chi connectivity index (χ0n) is 18.7. The Bertz CT molecular complexity index is 554. The Morgan fingerprint density at radius 1 is 0.931 bits per heavy atom. The van der Waals surface area contributed by atoms with Crippen molar-refractivity contribution in [3.63, 3.8) is 0 Å². The highest BCUT2D eigenvalue weighted by Crippen LogP contribution is 2.11. The maximum Gasteiger partial charge on any atom is 0.247 e. The van der Waals surface area contributed by atoms with E-state index in [1.54, 1.807) is 6.21 Å². The summed E-state index contributed by atoms with van der Waals surface area (Å²) in [4.78, 5) is 16.4. The number of benzene rings is 1. The van der Waals surface area contributed by atoms with Crippen LogP contribution in [0.15, 0.2) is 29.3 Å². The summed E-state index contributed by atoms with van der Waals surface area (Å²) in [5.74, 6) is -0.195. The van der Waals surface area contributed by atoms with E-state index in [4.69, 9.17) is 0 Å². The first-order valence-corrected chi connectivity index (χ1v) is 11.7. The first kappa shape index (κ1) is 25.4. The van der Waals surface area contributed by atoms with Gasteiger partial charge in [0.05, 0.1) is 6.61 Å². The van der Waals surface area contributed by atoms with E-state index >= 15 is 0 Å². The molecule has 1 rings (SSSR count). The maximum absolute atomic E-state index is 12.2. The van der Waals surface area contributed by atoms with Crippen LogP contribution >= 0.6 is 0 Å². The van der Waals surface area contributed by atoms with Crippen molar-refractivity contribution in [2.75, 3.05) is 13.2 Å². The summed E-state index contributed by atoms with van der Waals surface area (Å²) in [5, 5.41) is 12.3. The van der Waals surface area contributed by atoms with Crippen LogP contribution < -0.4 is 5.32 Å².